The maximum Gasteiger partial charge on any atom is 0.410 e. The fourth-order valence-corrected chi connectivity index (χ4v) is 1.26. The Hall–Kier alpha value is -0.925. The van der Waals surface area contributed by atoms with E-state index in [-0.39, 0.29) is 6.09 Å². The molecule has 1 rings (SSSR count). The molecule has 0 fully saturated rings. The van der Waals surface area contributed by atoms with Crippen LogP contribution in [0.4, 0.5) is 4.79 Å². The Bertz CT molecular complexity index is 297. The molecule has 88 valence electrons. The molecular weight excluding hydrogens is 201 g/mol. The number of hydrogen-bond acceptors (Lipinski definition) is 2. The molecule has 1 aliphatic heterocycles. The van der Waals surface area contributed by atoms with E-state index in [4.69, 9.17) is 12.6 Å². The van der Waals surface area contributed by atoms with Gasteiger partial charge >= 0.3 is 6.09 Å². The SMILES string of the molecule is [B]C1=CCN(C(=O)OC(C)(C)C(C)C)CC1. The third-order valence-corrected chi connectivity index (χ3v) is 3.24. The van der Waals surface area contributed by atoms with Crippen molar-refractivity contribution in [2.24, 2.45) is 5.92 Å². The van der Waals surface area contributed by atoms with Crippen LogP contribution in [0.2, 0.25) is 0 Å². The van der Waals surface area contributed by atoms with Crippen molar-refractivity contribution in [2.45, 2.75) is 39.7 Å². The quantitative estimate of drug-likeness (QED) is 0.669. The van der Waals surface area contributed by atoms with Crippen LogP contribution in [-0.4, -0.2) is 37.5 Å². The van der Waals surface area contributed by atoms with Crippen molar-refractivity contribution in [1.82, 2.24) is 4.90 Å². The van der Waals surface area contributed by atoms with Gasteiger partial charge in [0.1, 0.15) is 13.4 Å². The summed E-state index contributed by atoms with van der Waals surface area (Å²) in [5, 5.41) is 0. The molecular formula is C12H20BNO2. The number of ether oxygens (including phenoxy) is 1. The van der Waals surface area contributed by atoms with E-state index < -0.39 is 5.60 Å². The van der Waals surface area contributed by atoms with E-state index in [0.29, 0.717) is 19.0 Å². The maximum atomic E-state index is 11.9. The highest BCUT2D eigenvalue weighted by Crippen LogP contribution is 2.22. The summed E-state index contributed by atoms with van der Waals surface area (Å²) < 4.78 is 5.49. The van der Waals surface area contributed by atoms with Crippen molar-refractivity contribution in [2.75, 3.05) is 13.1 Å². The molecule has 0 saturated heterocycles. The van der Waals surface area contributed by atoms with Gasteiger partial charge in [-0.25, -0.2) is 4.79 Å². The molecule has 0 aliphatic carbocycles. The Labute approximate surface area is 99.2 Å². The van der Waals surface area contributed by atoms with Gasteiger partial charge in [0.15, 0.2) is 0 Å². The molecule has 0 aromatic heterocycles. The van der Waals surface area contributed by atoms with Crippen LogP contribution in [0.1, 0.15) is 34.1 Å². The number of rotatable bonds is 2. The third kappa shape index (κ3) is 3.29. The second kappa shape index (κ2) is 4.94. The zero-order valence-corrected chi connectivity index (χ0v) is 10.6. The van der Waals surface area contributed by atoms with E-state index >= 15 is 0 Å². The first-order valence-electron chi connectivity index (χ1n) is 5.75. The number of carbonyl (C=O) groups excluding carboxylic acids is 1. The van der Waals surface area contributed by atoms with Gasteiger partial charge < -0.3 is 9.64 Å². The molecule has 0 unspecified atom stereocenters. The van der Waals surface area contributed by atoms with Gasteiger partial charge in [-0.15, -0.1) is 5.47 Å². The first kappa shape index (κ1) is 13.1. The smallest absolute Gasteiger partial charge is 0.410 e. The van der Waals surface area contributed by atoms with Gasteiger partial charge in [0.2, 0.25) is 0 Å². The number of hydrogen-bond donors (Lipinski definition) is 0. The minimum absolute atomic E-state index is 0.248. The number of nitrogens with zero attached hydrogens (tertiary/aromatic N) is 1. The van der Waals surface area contributed by atoms with Crippen LogP contribution in [0.5, 0.6) is 0 Å². The van der Waals surface area contributed by atoms with E-state index in [1.807, 2.05) is 33.8 Å². The van der Waals surface area contributed by atoms with Gasteiger partial charge in [0, 0.05) is 13.1 Å². The zero-order valence-electron chi connectivity index (χ0n) is 10.6. The van der Waals surface area contributed by atoms with E-state index in [9.17, 15) is 4.79 Å². The lowest BCUT2D eigenvalue weighted by Crippen LogP contribution is -2.42. The van der Waals surface area contributed by atoms with Crippen molar-refractivity contribution >= 4 is 13.9 Å². The lowest BCUT2D eigenvalue weighted by Gasteiger charge is -2.33. The van der Waals surface area contributed by atoms with Crippen molar-refractivity contribution in [3.8, 4) is 0 Å². The molecule has 1 amide bonds. The Morgan fingerprint density at radius 3 is 2.62 bits per heavy atom. The molecule has 1 heterocycles. The summed E-state index contributed by atoms with van der Waals surface area (Å²) in [7, 11) is 5.65. The monoisotopic (exact) mass is 221 g/mol. The van der Waals surface area contributed by atoms with E-state index in [1.165, 1.54) is 0 Å². The summed E-state index contributed by atoms with van der Waals surface area (Å²) in [5.41, 5.74) is 0.427. The minimum Gasteiger partial charge on any atom is -0.443 e. The predicted molar refractivity (Wildman–Crippen MR) is 65.4 cm³/mol. The van der Waals surface area contributed by atoms with Gasteiger partial charge in [-0.2, -0.15) is 0 Å². The van der Waals surface area contributed by atoms with Crippen molar-refractivity contribution in [3.63, 3.8) is 0 Å². The van der Waals surface area contributed by atoms with Gasteiger partial charge in [-0.3, -0.25) is 0 Å². The van der Waals surface area contributed by atoms with Gasteiger partial charge in [-0.05, 0) is 26.2 Å². The average molecular weight is 221 g/mol. The normalized spacial score (nSPS) is 17.3. The summed E-state index contributed by atoms with van der Waals surface area (Å²) in [6.07, 6.45) is 2.35. The van der Waals surface area contributed by atoms with Gasteiger partial charge in [-0.1, -0.05) is 19.9 Å². The molecule has 0 aromatic rings. The first-order valence-corrected chi connectivity index (χ1v) is 5.75. The van der Waals surface area contributed by atoms with Crippen LogP contribution < -0.4 is 0 Å². The number of carbonyl (C=O) groups is 1. The topological polar surface area (TPSA) is 29.5 Å². The summed E-state index contributed by atoms with van der Waals surface area (Å²) in [4.78, 5) is 13.5. The van der Waals surface area contributed by atoms with Crippen LogP contribution >= 0.6 is 0 Å². The molecule has 0 bridgehead atoms. The molecule has 0 spiro atoms. The van der Waals surface area contributed by atoms with Crippen LogP contribution in [0.25, 0.3) is 0 Å². The lowest BCUT2D eigenvalue weighted by atomic mass is 9.90. The molecule has 4 heteroatoms. The molecule has 3 nitrogen and oxygen atoms in total. The summed E-state index contributed by atoms with van der Waals surface area (Å²) in [5.74, 6) is 0.293. The highest BCUT2D eigenvalue weighted by molar-refractivity contribution is 6.21. The molecule has 1 aliphatic rings. The van der Waals surface area contributed by atoms with Crippen molar-refractivity contribution < 1.29 is 9.53 Å². The average Bonchev–Trinajstić information content (AvgIpc) is 2.17. The Morgan fingerprint density at radius 1 is 1.56 bits per heavy atom. The number of amides is 1. The molecule has 0 atom stereocenters. The highest BCUT2D eigenvalue weighted by atomic mass is 16.6. The Balaban J connectivity index is 2.54. The summed E-state index contributed by atoms with van der Waals surface area (Å²) in [6, 6.07) is 0. The van der Waals surface area contributed by atoms with Crippen LogP contribution in [0.3, 0.4) is 0 Å². The Kier molecular flexibility index (Phi) is 4.06. The minimum atomic E-state index is -0.427. The van der Waals surface area contributed by atoms with Gasteiger partial charge in [0.05, 0.1) is 0 Å². The summed E-state index contributed by atoms with van der Waals surface area (Å²) >= 11 is 0. The van der Waals surface area contributed by atoms with Crippen molar-refractivity contribution in [3.05, 3.63) is 11.5 Å². The maximum absolute atomic E-state index is 11.9. The molecule has 0 saturated carbocycles. The molecule has 0 N–H and O–H groups in total. The van der Waals surface area contributed by atoms with Crippen LogP contribution in [0.15, 0.2) is 11.5 Å². The van der Waals surface area contributed by atoms with E-state index in [2.05, 4.69) is 0 Å². The summed E-state index contributed by atoms with van der Waals surface area (Å²) in [6.45, 7) is 9.16. The molecule has 2 radical (unpaired) electrons. The second-order valence-corrected chi connectivity index (χ2v) is 5.10. The second-order valence-electron chi connectivity index (χ2n) is 5.10. The first-order chi connectivity index (χ1) is 7.33. The fourth-order valence-electron chi connectivity index (χ4n) is 1.26. The largest absolute Gasteiger partial charge is 0.443 e. The Morgan fingerprint density at radius 2 is 2.19 bits per heavy atom. The lowest BCUT2D eigenvalue weighted by molar-refractivity contribution is -0.0137. The predicted octanol–water partition coefficient (Wildman–Crippen LogP) is 2.32. The van der Waals surface area contributed by atoms with Crippen LogP contribution in [0, 0.1) is 5.92 Å². The molecule has 16 heavy (non-hydrogen) atoms. The van der Waals surface area contributed by atoms with Gasteiger partial charge in [0.25, 0.3) is 0 Å². The molecule has 0 aromatic carbocycles. The standard InChI is InChI=1S/C12H20BNO2/c1-9(2)12(3,4)16-11(15)14-7-5-10(13)6-8-14/h5,9H,6-8H2,1-4H3. The van der Waals surface area contributed by atoms with E-state index in [1.54, 1.807) is 4.90 Å². The van der Waals surface area contributed by atoms with E-state index in [0.717, 1.165) is 11.9 Å². The van der Waals surface area contributed by atoms with Crippen molar-refractivity contribution in [1.29, 1.82) is 0 Å². The fraction of sp³-hybridized carbons (Fsp3) is 0.750. The highest BCUT2D eigenvalue weighted by Gasteiger charge is 2.29. The third-order valence-electron chi connectivity index (χ3n) is 3.24. The zero-order chi connectivity index (χ0) is 12.3. The van der Waals surface area contributed by atoms with Crippen LogP contribution in [-0.2, 0) is 4.74 Å².